The van der Waals surface area contributed by atoms with Gasteiger partial charge in [-0.25, -0.2) is 9.97 Å². The number of hydrogen-bond donors (Lipinski definition) is 2. The number of halogens is 4. The molecule has 0 radical (unpaired) electrons. The normalized spacial score (nSPS) is 11.4. The van der Waals surface area contributed by atoms with E-state index < -0.39 is 11.5 Å². The molecule has 8 bridgehead atoms. The van der Waals surface area contributed by atoms with Crippen LogP contribution in [0.1, 0.15) is 0 Å². The number of benzene rings is 5. The first-order valence-electron chi connectivity index (χ1n) is 15.6. The summed E-state index contributed by atoms with van der Waals surface area (Å²) in [5.41, 5.74) is 5.78. The standard InChI is InChI=1S/C32H16N8.C6H2Cl4O2.Ti/c1-2-10-18-17(9-1)25-33-26(18)38-28-21-13-5-6-14-22(21)30(35-28)40-32-24-16-8-7-15-23(24)31(36-32)39-29-20-12-4-3-11-19(20)27(34-29)37-25;7-1-2(8)4(10)6(12)5(11)3(1)9;/h1-16H;11-12H;/q-2;;+2. The van der Waals surface area contributed by atoms with Crippen LogP contribution in [0.5, 0.6) is 11.5 Å². The predicted molar refractivity (Wildman–Crippen MR) is 204 cm³/mol. The summed E-state index contributed by atoms with van der Waals surface area (Å²) in [6.45, 7) is 0. The van der Waals surface area contributed by atoms with Crippen molar-refractivity contribution in [2.24, 2.45) is 0 Å². The maximum Gasteiger partial charge on any atom is 2.00 e. The zero-order valence-corrected chi connectivity index (χ0v) is 31.3. The van der Waals surface area contributed by atoms with Gasteiger partial charge in [-0.15, -0.1) is 0 Å². The van der Waals surface area contributed by atoms with Crippen LogP contribution in [0, 0.1) is 0 Å². The van der Waals surface area contributed by atoms with Crippen molar-refractivity contribution in [3.63, 3.8) is 0 Å². The number of phenols is 2. The number of aromatic hydroxyl groups is 2. The van der Waals surface area contributed by atoms with Crippen molar-refractivity contribution in [3.05, 3.63) is 117 Å². The van der Waals surface area contributed by atoms with Gasteiger partial charge in [-0.3, -0.25) is 0 Å². The van der Waals surface area contributed by atoms with Gasteiger partial charge in [-0.1, -0.05) is 143 Å². The molecular weight excluding hydrogens is 790 g/mol. The Morgan fingerprint density at radius 3 is 0.868 bits per heavy atom. The van der Waals surface area contributed by atoms with Crippen molar-refractivity contribution in [3.8, 4) is 57.1 Å². The number of aromatic nitrogens is 8. The number of phenolic OH excluding ortho intramolecular Hbond substituents is 2. The van der Waals surface area contributed by atoms with Crippen LogP contribution in [-0.4, -0.2) is 40.1 Å². The smallest absolute Gasteiger partial charge is 0.503 e. The number of fused-ring (bicyclic) bond motifs is 20. The van der Waals surface area contributed by atoms with Crippen LogP contribution in [0.3, 0.4) is 0 Å². The van der Waals surface area contributed by atoms with Gasteiger partial charge in [0.2, 0.25) is 0 Å². The molecule has 5 aromatic carbocycles. The molecule has 15 heteroatoms. The van der Waals surface area contributed by atoms with Gasteiger partial charge >= 0.3 is 21.7 Å². The maximum absolute atomic E-state index is 9.08. The van der Waals surface area contributed by atoms with Crippen molar-refractivity contribution < 1.29 is 31.9 Å². The van der Waals surface area contributed by atoms with Gasteiger partial charge in [-0.2, -0.15) is 0 Å². The molecule has 10 nitrogen and oxygen atoms in total. The van der Waals surface area contributed by atoms with Crippen molar-refractivity contribution in [1.29, 1.82) is 0 Å². The third kappa shape index (κ3) is 5.88. The molecule has 2 aliphatic rings. The van der Waals surface area contributed by atoms with Crippen LogP contribution in [-0.2, 0) is 21.7 Å². The molecule has 0 aliphatic carbocycles. The number of rotatable bonds is 0. The minimum atomic E-state index is -0.573. The molecule has 10 rings (SSSR count). The summed E-state index contributed by atoms with van der Waals surface area (Å²) in [5, 5.41) is 21.1. The van der Waals surface area contributed by atoms with Gasteiger partial charge in [0, 0.05) is 44.8 Å². The number of hydrogen-bond acceptors (Lipinski definition) is 8. The van der Waals surface area contributed by atoms with Crippen LogP contribution < -0.4 is 9.97 Å². The molecule has 0 atom stereocenters. The van der Waals surface area contributed by atoms with Gasteiger partial charge in [0.1, 0.15) is 10.0 Å². The summed E-state index contributed by atoms with van der Waals surface area (Å²) in [7, 11) is 0. The van der Waals surface area contributed by atoms with Gasteiger partial charge in [-0.05, 0) is 21.5 Å². The fraction of sp³-hybridized carbons (Fsp3) is 0. The number of nitrogens with zero attached hydrogens (tertiary/aromatic N) is 8. The van der Waals surface area contributed by atoms with E-state index in [1.165, 1.54) is 0 Å². The largest absolute Gasteiger partial charge is 2.00 e. The molecule has 2 aliphatic heterocycles. The van der Waals surface area contributed by atoms with E-state index >= 15 is 0 Å². The topological polar surface area (TPSA) is 146 Å². The summed E-state index contributed by atoms with van der Waals surface area (Å²) in [6.07, 6.45) is 0. The predicted octanol–water partition coefficient (Wildman–Crippen LogP) is 9.84. The summed E-state index contributed by atoms with van der Waals surface area (Å²) in [6, 6.07) is 31.8. The van der Waals surface area contributed by atoms with E-state index in [2.05, 4.69) is 0 Å². The van der Waals surface area contributed by atoms with E-state index in [1.807, 2.05) is 97.1 Å². The Hall–Kier alpha value is -5.07. The van der Waals surface area contributed by atoms with Crippen molar-refractivity contribution in [1.82, 2.24) is 39.9 Å². The minimum Gasteiger partial charge on any atom is -0.503 e. The second kappa shape index (κ2) is 13.7. The van der Waals surface area contributed by atoms with Crippen molar-refractivity contribution in [2.75, 3.05) is 0 Å². The maximum atomic E-state index is 9.08. The molecule has 5 heterocycles. The average molecular weight is 808 g/mol. The van der Waals surface area contributed by atoms with Gasteiger partial charge in [0.15, 0.2) is 11.5 Å². The molecule has 0 fully saturated rings. The molecule has 0 saturated heterocycles. The van der Waals surface area contributed by atoms with Crippen molar-refractivity contribution in [2.45, 2.75) is 0 Å². The molecular formula is C38H18Cl4N8O2Ti. The van der Waals surface area contributed by atoms with Gasteiger partial charge < -0.3 is 40.1 Å². The summed E-state index contributed by atoms with van der Waals surface area (Å²) in [5.74, 6) is 1.06. The fourth-order valence-electron chi connectivity index (χ4n) is 6.07. The second-order valence-electron chi connectivity index (χ2n) is 11.6. The van der Waals surface area contributed by atoms with E-state index in [0.717, 1.165) is 43.8 Å². The summed E-state index contributed by atoms with van der Waals surface area (Å²) >= 11 is 22.0. The Kier molecular flexibility index (Phi) is 9.06. The van der Waals surface area contributed by atoms with Crippen LogP contribution in [0.25, 0.3) is 89.7 Å². The molecule has 53 heavy (non-hydrogen) atoms. The third-order valence-corrected chi connectivity index (χ3v) is 10.3. The fourth-order valence-corrected chi connectivity index (χ4v) is 6.90. The molecule has 8 aromatic rings. The van der Waals surface area contributed by atoms with Crippen LogP contribution in [0.15, 0.2) is 97.1 Å². The Morgan fingerprint density at radius 1 is 0.358 bits per heavy atom. The van der Waals surface area contributed by atoms with E-state index in [4.69, 9.17) is 96.5 Å². The Balaban J connectivity index is 0.000000266. The van der Waals surface area contributed by atoms with Crippen molar-refractivity contribution >= 4 is 90.5 Å². The molecule has 0 amide bonds. The zero-order valence-electron chi connectivity index (χ0n) is 26.7. The van der Waals surface area contributed by atoms with Gasteiger partial charge in [0.25, 0.3) is 0 Å². The van der Waals surface area contributed by atoms with E-state index in [9.17, 15) is 0 Å². The Morgan fingerprint density at radius 2 is 0.604 bits per heavy atom. The minimum absolute atomic E-state index is 0. The average Bonchev–Trinajstić information content (AvgIpc) is 3.92. The Labute approximate surface area is 334 Å². The van der Waals surface area contributed by atoms with Crippen LogP contribution >= 0.6 is 46.4 Å². The van der Waals surface area contributed by atoms with Crippen LogP contribution in [0.4, 0.5) is 0 Å². The molecule has 0 saturated carbocycles. The molecule has 0 spiro atoms. The van der Waals surface area contributed by atoms with E-state index in [-0.39, 0.29) is 41.8 Å². The molecule has 254 valence electrons. The zero-order chi connectivity index (χ0) is 35.7. The molecule has 3 aromatic heterocycles. The second-order valence-corrected chi connectivity index (χ2v) is 13.1. The van der Waals surface area contributed by atoms with Gasteiger partial charge in [0.05, 0.1) is 33.3 Å². The molecule has 2 N–H and O–H groups in total. The SMILES string of the molecule is Oc1c(O)c(Cl)c(Cl)c(Cl)c1Cl.[Ti+2].c1ccc2c(c1)-c1nc-2nc2[n-]c(nc3nc(nc4[n-]c(n1)c1ccccc41)-c1ccccc1-3)c1ccccc21. The quantitative estimate of drug-likeness (QED) is 0.0657. The summed E-state index contributed by atoms with van der Waals surface area (Å²) < 4.78 is 0. The van der Waals surface area contributed by atoms with Crippen LogP contribution in [0.2, 0.25) is 20.1 Å². The Bertz CT molecular complexity index is 2540. The van der Waals surface area contributed by atoms with E-state index in [1.54, 1.807) is 0 Å². The summed E-state index contributed by atoms with van der Waals surface area (Å²) in [4.78, 5) is 39.3. The first-order valence-corrected chi connectivity index (χ1v) is 17.1. The monoisotopic (exact) mass is 806 g/mol. The first kappa shape index (κ1) is 35.0. The first-order chi connectivity index (χ1) is 25.3. The van der Waals surface area contributed by atoms with E-state index in [0.29, 0.717) is 45.9 Å². The molecule has 0 unspecified atom stereocenters. The third-order valence-electron chi connectivity index (χ3n) is 8.55.